The van der Waals surface area contributed by atoms with Gasteiger partial charge in [-0.15, -0.1) is 11.6 Å². The molecule has 3 atom stereocenters. The predicted octanol–water partition coefficient (Wildman–Crippen LogP) is 3.59. The van der Waals surface area contributed by atoms with Gasteiger partial charge in [0.15, 0.2) is 0 Å². The van der Waals surface area contributed by atoms with Gasteiger partial charge < -0.3 is 0 Å². The second-order valence-electron chi connectivity index (χ2n) is 3.52. The van der Waals surface area contributed by atoms with Crippen molar-refractivity contribution in [3.05, 3.63) is 0 Å². The van der Waals surface area contributed by atoms with Crippen molar-refractivity contribution < 1.29 is 13.2 Å². The zero-order chi connectivity index (χ0) is 9.57. The van der Waals surface area contributed by atoms with Crippen LogP contribution in [0.25, 0.3) is 0 Å². The summed E-state index contributed by atoms with van der Waals surface area (Å²) in [4.78, 5) is 0. The molecule has 0 amide bonds. The summed E-state index contributed by atoms with van der Waals surface area (Å²) in [6.45, 7) is 3.00. The number of hydrogen-bond donors (Lipinski definition) is 0. The molecule has 1 aliphatic carbocycles. The van der Waals surface area contributed by atoms with Crippen molar-refractivity contribution in [2.24, 2.45) is 11.3 Å². The summed E-state index contributed by atoms with van der Waals surface area (Å²) in [7, 11) is 0. The predicted molar refractivity (Wildman–Crippen MR) is 42.2 cm³/mol. The summed E-state index contributed by atoms with van der Waals surface area (Å²) in [6.07, 6.45) is -3.08. The van der Waals surface area contributed by atoms with Crippen LogP contribution in [0.4, 0.5) is 13.2 Å². The molecule has 4 heteroatoms. The standard InChI is InChI=1S/C8H12ClF3/c1-3-7(4-6(7)9)5(2)8(10,11)12/h5-6H,3-4H2,1-2H3. The molecule has 0 nitrogen and oxygen atoms in total. The van der Waals surface area contributed by atoms with E-state index in [0.717, 1.165) is 0 Å². The third kappa shape index (κ3) is 1.43. The molecule has 12 heavy (non-hydrogen) atoms. The van der Waals surface area contributed by atoms with Crippen LogP contribution in [0.1, 0.15) is 26.7 Å². The van der Waals surface area contributed by atoms with Crippen LogP contribution >= 0.6 is 11.6 Å². The Morgan fingerprint density at radius 1 is 1.58 bits per heavy atom. The Morgan fingerprint density at radius 2 is 2.00 bits per heavy atom. The highest BCUT2D eigenvalue weighted by atomic mass is 35.5. The molecular formula is C8H12ClF3. The maximum atomic E-state index is 12.3. The van der Waals surface area contributed by atoms with E-state index in [4.69, 9.17) is 11.6 Å². The Hall–Kier alpha value is 0.0800. The van der Waals surface area contributed by atoms with E-state index in [1.165, 1.54) is 6.92 Å². The van der Waals surface area contributed by atoms with Gasteiger partial charge in [0.25, 0.3) is 0 Å². The average molecular weight is 201 g/mol. The van der Waals surface area contributed by atoms with E-state index >= 15 is 0 Å². The number of rotatable bonds is 2. The second-order valence-corrected chi connectivity index (χ2v) is 4.05. The topological polar surface area (TPSA) is 0 Å². The Balaban J connectivity index is 2.70. The molecule has 1 saturated carbocycles. The van der Waals surface area contributed by atoms with Gasteiger partial charge in [0.05, 0.1) is 5.92 Å². The highest BCUT2D eigenvalue weighted by molar-refractivity contribution is 6.23. The van der Waals surface area contributed by atoms with Crippen molar-refractivity contribution in [3.63, 3.8) is 0 Å². The molecule has 1 fully saturated rings. The van der Waals surface area contributed by atoms with Crippen molar-refractivity contribution in [1.29, 1.82) is 0 Å². The second kappa shape index (κ2) is 2.79. The van der Waals surface area contributed by atoms with Crippen molar-refractivity contribution in [2.45, 2.75) is 38.2 Å². The minimum Gasteiger partial charge on any atom is -0.171 e. The van der Waals surface area contributed by atoms with Crippen molar-refractivity contribution in [2.75, 3.05) is 0 Å². The molecule has 0 aliphatic heterocycles. The summed E-state index contributed by atoms with van der Waals surface area (Å²) in [5.41, 5.74) is -0.667. The minimum absolute atomic E-state index is 0.279. The van der Waals surface area contributed by atoms with Gasteiger partial charge in [-0.3, -0.25) is 0 Å². The van der Waals surface area contributed by atoms with Gasteiger partial charge in [-0.2, -0.15) is 13.2 Å². The number of halogens is 4. The summed E-state index contributed by atoms with van der Waals surface area (Å²) in [5.74, 6) is -1.27. The van der Waals surface area contributed by atoms with E-state index < -0.39 is 17.5 Å². The summed E-state index contributed by atoms with van der Waals surface area (Å²) >= 11 is 5.71. The third-order valence-corrected chi connectivity index (χ3v) is 3.62. The largest absolute Gasteiger partial charge is 0.392 e. The summed E-state index contributed by atoms with van der Waals surface area (Å²) < 4.78 is 36.9. The fourth-order valence-corrected chi connectivity index (χ4v) is 2.35. The molecular weight excluding hydrogens is 189 g/mol. The fraction of sp³-hybridized carbons (Fsp3) is 1.00. The minimum atomic E-state index is -4.10. The molecule has 0 aromatic heterocycles. The zero-order valence-corrected chi connectivity index (χ0v) is 7.84. The van der Waals surface area contributed by atoms with Crippen molar-refractivity contribution in [3.8, 4) is 0 Å². The molecule has 0 N–H and O–H groups in total. The van der Waals surface area contributed by atoms with Crippen LogP contribution < -0.4 is 0 Å². The van der Waals surface area contributed by atoms with Crippen LogP contribution in [0.2, 0.25) is 0 Å². The van der Waals surface area contributed by atoms with Gasteiger partial charge in [0.2, 0.25) is 0 Å². The highest BCUT2D eigenvalue weighted by Gasteiger charge is 2.62. The van der Waals surface area contributed by atoms with E-state index in [9.17, 15) is 13.2 Å². The molecule has 0 heterocycles. The monoisotopic (exact) mass is 200 g/mol. The van der Waals surface area contributed by atoms with Crippen LogP contribution in [0, 0.1) is 11.3 Å². The van der Waals surface area contributed by atoms with Crippen LogP contribution in [0.3, 0.4) is 0 Å². The first-order valence-corrected chi connectivity index (χ1v) is 4.49. The van der Waals surface area contributed by atoms with Gasteiger partial charge in [0, 0.05) is 5.38 Å². The average Bonchev–Trinajstić information content (AvgIpc) is 2.59. The SMILES string of the molecule is CCC1(C(C)C(F)(F)F)CC1Cl. The lowest BCUT2D eigenvalue weighted by Crippen LogP contribution is -2.30. The molecule has 1 aliphatic rings. The van der Waals surface area contributed by atoms with Gasteiger partial charge in [-0.25, -0.2) is 0 Å². The normalized spacial score (nSPS) is 38.0. The van der Waals surface area contributed by atoms with E-state index in [1.807, 2.05) is 0 Å². The fourth-order valence-electron chi connectivity index (χ4n) is 1.72. The Kier molecular flexibility index (Phi) is 2.36. The smallest absolute Gasteiger partial charge is 0.171 e. The van der Waals surface area contributed by atoms with Crippen LogP contribution in [0.15, 0.2) is 0 Å². The van der Waals surface area contributed by atoms with E-state index in [1.54, 1.807) is 6.92 Å². The van der Waals surface area contributed by atoms with Crippen LogP contribution in [-0.2, 0) is 0 Å². The molecule has 0 spiro atoms. The van der Waals surface area contributed by atoms with E-state index in [0.29, 0.717) is 12.8 Å². The van der Waals surface area contributed by atoms with Crippen molar-refractivity contribution >= 4 is 11.6 Å². The van der Waals surface area contributed by atoms with Gasteiger partial charge in [-0.05, 0) is 18.3 Å². The molecule has 0 aromatic rings. The first kappa shape index (κ1) is 10.2. The van der Waals surface area contributed by atoms with Gasteiger partial charge in [0.1, 0.15) is 0 Å². The first-order valence-electron chi connectivity index (χ1n) is 4.05. The van der Waals surface area contributed by atoms with E-state index in [-0.39, 0.29) is 5.38 Å². The number of hydrogen-bond acceptors (Lipinski definition) is 0. The Labute approximate surface area is 75.1 Å². The van der Waals surface area contributed by atoms with Gasteiger partial charge >= 0.3 is 6.18 Å². The quantitative estimate of drug-likeness (QED) is 0.598. The number of alkyl halides is 4. The molecule has 72 valence electrons. The lowest BCUT2D eigenvalue weighted by atomic mass is 9.88. The molecule has 0 radical (unpaired) electrons. The molecule has 1 rings (SSSR count). The first-order chi connectivity index (χ1) is 5.34. The zero-order valence-electron chi connectivity index (χ0n) is 7.08. The molecule has 3 unspecified atom stereocenters. The highest BCUT2D eigenvalue weighted by Crippen LogP contribution is 2.61. The molecule has 0 aromatic carbocycles. The van der Waals surface area contributed by atoms with Crippen molar-refractivity contribution in [1.82, 2.24) is 0 Å². The molecule has 0 saturated heterocycles. The Bertz CT molecular complexity index is 174. The summed E-state index contributed by atoms with van der Waals surface area (Å²) in [6, 6.07) is 0. The third-order valence-electron chi connectivity index (χ3n) is 3.03. The van der Waals surface area contributed by atoms with Crippen LogP contribution in [0.5, 0.6) is 0 Å². The maximum absolute atomic E-state index is 12.3. The molecule has 0 bridgehead atoms. The Morgan fingerprint density at radius 3 is 2.08 bits per heavy atom. The lowest BCUT2D eigenvalue weighted by Gasteiger charge is -2.24. The maximum Gasteiger partial charge on any atom is 0.392 e. The van der Waals surface area contributed by atoms with Gasteiger partial charge in [-0.1, -0.05) is 13.8 Å². The van der Waals surface area contributed by atoms with Crippen LogP contribution in [-0.4, -0.2) is 11.6 Å². The summed E-state index contributed by atoms with van der Waals surface area (Å²) in [5, 5.41) is -0.279. The van der Waals surface area contributed by atoms with E-state index in [2.05, 4.69) is 0 Å². The lowest BCUT2D eigenvalue weighted by molar-refractivity contribution is -0.187.